The van der Waals surface area contributed by atoms with Crippen molar-refractivity contribution < 1.29 is 9.21 Å². The number of nitrogens with zero attached hydrogens (tertiary/aromatic N) is 2. The van der Waals surface area contributed by atoms with E-state index in [0.717, 1.165) is 21.0 Å². The van der Waals surface area contributed by atoms with Crippen molar-refractivity contribution in [2.24, 2.45) is 0 Å². The molecule has 1 aromatic carbocycles. The van der Waals surface area contributed by atoms with Gasteiger partial charge in [-0.2, -0.15) is 0 Å². The Morgan fingerprint density at radius 1 is 1.30 bits per heavy atom. The number of fused-ring (bicyclic) bond motifs is 1. The molecule has 2 heterocycles. The number of likely N-dealkylation sites (N-methyl/N-ethyl adjacent to an activating group) is 1. The maximum Gasteiger partial charge on any atom is 0.247 e. The summed E-state index contributed by atoms with van der Waals surface area (Å²) in [5.41, 5.74) is 0.974. The third-order valence-electron chi connectivity index (χ3n) is 3.75. The summed E-state index contributed by atoms with van der Waals surface area (Å²) in [7, 11) is 1.79. The average molecular weight is 326 g/mol. The molecular weight excluding hydrogens is 308 g/mol. The SMILES string of the molecule is Cc1ccc(/C=C/C(=O)N(C)C(C)c2nc3ccccc3s2)o1. The highest BCUT2D eigenvalue weighted by Gasteiger charge is 2.19. The quantitative estimate of drug-likeness (QED) is 0.666. The molecule has 4 nitrogen and oxygen atoms in total. The number of carbonyl (C=O) groups excluding carboxylic acids is 1. The molecule has 3 aromatic rings. The molecule has 3 rings (SSSR count). The molecule has 1 atom stereocenters. The lowest BCUT2D eigenvalue weighted by Gasteiger charge is -2.21. The van der Waals surface area contributed by atoms with Crippen LogP contribution in [0.15, 0.2) is 46.9 Å². The lowest BCUT2D eigenvalue weighted by atomic mass is 10.3. The van der Waals surface area contributed by atoms with Crippen LogP contribution in [0.4, 0.5) is 0 Å². The van der Waals surface area contributed by atoms with Crippen LogP contribution in [0, 0.1) is 6.92 Å². The van der Waals surface area contributed by atoms with Gasteiger partial charge >= 0.3 is 0 Å². The number of para-hydroxylation sites is 1. The highest BCUT2D eigenvalue weighted by Crippen LogP contribution is 2.28. The predicted octanol–water partition coefficient (Wildman–Crippen LogP) is 4.43. The molecule has 118 valence electrons. The summed E-state index contributed by atoms with van der Waals surface area (Å²) in [4.78, 5) is 18.6. The van der Waals surface area contributed by atoms with Gasteiger partial charge in [-0.15, -0.1) is 11.3 Å². The van der Waals surface area contributed by atoms with E-state index < -0.39 is 0 Å². The largest absolute Gasteiger partial charge is 0.462 e. The number of aromatic nitrogens is 1. The molecule has 0 N–H and O–H groups in total. The average Bonchev–Trinajstić information content (AvgIpc) is 3.16. The molecule has 0 aliphatic heterocycles. The first kappa shape index (κ1) is 15.5. The zero-order chi connectivity index (χ0) is 16.4. The van der Waals surface area contributed by atoms with Gasteiger partial charge in [-0.3, -0.25) is 4.79 Å². The maximum absolute atomic E-state index is 12.3. The van der Waals surface area contributed by atoms with Crippen LogP contribution in [0.25, 0.3) is 16.3 Å². The minimum absolute atomic E-state index is 0.0780. The smallest absolute Gasteiger partial charge is 0.247 e. The molecule has 2 aromatic heterocycles. The Kier molecular flexibility index (Phi) is 4.30. The highest BCUT2D eigenvalue weighted by molar-refractivity contribution is 7.18. The van der Waals surface area contributed by atoms with Gasteiger partial charge < -0.3 is 9.32 Å². The second kappa shape index (κ2) is 6.38. The van der Waals surface area contributed by atoms with Crippen molar-refractivity contribution in [2.75, 3.05) is 7.05 Å². The topological polar surface area (TPSA) is 46.3 Å². The van der Waals surface area contributed by atoms with E-state index in [1.165, 1.54) is 6.08 Å². The fraction of sp³-hybridized carbons (Fsp3) is 0.222. The molecule has 1 amide bonds. The van der Waals surface area contributed by atoms with Crippen molar-refractivity contribution >= 4 is 33.5 Å². The van der Waals surface area contributed by atoms with Crippen molar-refractivity contribution in [2.45, 2.75) is 19.9 Å². The van der Waals surface area contributed by atoms with Gasteiger partial charge in [-0.1, -0.05) is 12.1 Å². The second-order valence-corrected chi connectivity index (χ2v) is 6.49. The Balaban J connectivity index is 1.74. The van der Waals surface area contributed by atoms with E-state index in [0.29, 0.717) is 5.76 Å². The molecule has 0 spiro atoms. The summed E-state index contributed by atoms with van der Waals surface area (Å²) in [5, 5.41) is 0.935. The highest BCUT2D eigenvalue weighted by atomic mass is 32.1. The first-order valence-corrected chi connectivity index (χ1v) is 8.23. The van der Waals surface area contributed by atoms with Crippen LogP contribution in [0.3, 0.4) is 0 Å². The van der Waals surface area contributed by atoms with E-state index in [2.05, 4.69) is 4.98 Å². The van der Waals surface area contributed by atoms with E-state index in [9.17, 15) is 4.79 Å². The lowest BCUT2D eigenvalue weighted by molar-refractivity contribution is -0.126. The molecule has 5 heteroatoms. The summed E-state index contributed by atoms with van der Waals surface area (Å²) < 4.78 is 6.57. The molecule has 0 saturated carbocycles. The summed E-state index contributed by atoms with van der Waals surface area (Å²) in [6, 6.07) is 11.6. The number of thiazole rings is 1. The van der Waals surface area contributed by atoms with Crippen LogP contribution in [0.2, 0.25) is 0 Å². The van der Waals surface area contributed by atoms with Crippen molar-refractivity contribution in [1.82, 2.24) is 9.88 Å². The molecule has 0 aliphatic carbocycles. The molecule has 23 heavy (non-hydrogen) atoms. The number of hydrogen-bond donors (Lipinski definition) is 0. The van der Waals surface area contributed by atoms with Crippen LogP contribution >= 0.6 is 11.3 Å². The number of furan rings is 1. The van der Waals surface area contributed by atoms with Gasteiger partial charge in [0.05, 0.1) is 16.3 Å². The number of hydrogen-bond acceptors (Lipinski definition) is 4. The van der Waals surface area contributed by atoms with E-state index in [1.54, 1.807) is 29.4 Å². The second-order valence-electron chi connectivity index (χ2n) is 5.43. The van der Waals surface area contributed by atoms with E-state index in [-0.39, 0.29) is 11.9 Å². The Morgan fingerprint density at radius 2 is 2.09 bits per heavy atom. The van der Waals surface area contributed by atoms with Crippen LogP contribution in [0.5, 0.6) is 0 Å². The molecule has 0 radical (unpaired) electrons. The number of benzene rings is 1. The van der Waals surface area contributed by atoms with Gasteiger partial charge in [0, 0.05) is 13.1 Å². The van der Waals surface area contributed by atoms with Gasteiger partial charge in [0.2, 0.25) is 5.91 Å². The first-order valence-electron chi connectivity index (χ1n) is 7.41. The van der Waals surface area contributed by atoms with Gasteiger partial charge in [-0.25, -0.2) is 4.98 Å². The van der Waals surface area contributed by atoms with Crippen LogP contribution in [-0.2, 0) is 4.79 Å². The summed E-state index contributed by atoms with van der Waals surface area (Å²) in [5.74, 6) is 1.43. The van der Waals surface area contributed by atoms with Crippen molar-refractivity contribution in [3.63, 3.8) is 0 Å². The third kappa shape index (κ3) is 3.35. The molecule has 0 bridgehead atoms. The number of aryl methyl sites for hydroxylation is 1. The molecule has 0 aliphatic rings. The monoisotopic (exact) mass is 326 g/mol. The molecule has 0 fully saturated rings. The molecule has 1 unspecified atom stereocenters. The normalized spacial score (nSPS) is 12.8. The Labute approximate surface area is 139 Å². The fourth-order valence-corrected chi connectivity index (χ4v) is 3.30. The van der Waals surface area contributed by atoms with E-state index in [4.69, 9.17) is 4.42 Å². The molecule has 0 saturated heterocycles. The van der Waals surface area contributed by atoms with Crippen LogP contribution in [-0.4, -0.2) is 22.8 Å². The minimum atomic E-state index is -0.0807. The number of carbonyl (C=O) groups is 1. The predicted molar refractivity (Wildman–Crippen MR) is 93.3 cm³/mol. The molecular formula is C18H18N2O2S. The van der Waals surface area contributed by atoms with Crippen molar-refractivity contribution in [3.8, 4) is 0 Å². The van der Waals surface area contributed by atoms with Gasteiger partial charge in [-0.05, 0) is 44.2 Å². The Bertz CT molecular complexity index is 830. The van der Waals surface area contributed by atoms with E-state index >= 15 is 0 Å². The standard InChI is InChI=1S/C18H18N2O2S/c1-12-8-9-14(22-12)10-11-17(21)20(3)13(2)18-19-15-6-4-5-7-16(15)23-18/h4-11,13H,1-3H3/b11-10+. The summed E-state index contributed by atoms with van der Waals surface area (Å²) >= 11 is 1.62. The van der Waals surface area contributed by atoms with Gasteiger partial charge in [0.1, 0.15) is 16.5 Å². The van der Waals surface area contributed by atoms with E-state index in [1.807, 2.05) is 50.2 Å². The van der Waals surface area contributed by atoms with Crippen LogP contribution in [0.1, 0.15) is 29.5 Å². The first-order chi connectivity index (χ1) is 11.0. The Morgan fingerprint density at radius 3 is 2.78 bits per heavy atom. The van der Waals surface area contributed by atoms with Gasteiger partial charge in [0.15, 0.2) is 0 Å². The zero-order valence-corrected chi connectivity index (χ0v) is 14.1. The number of rotatable bonds is 4. The van der Waals surface area contributed by atoms with Crippen molar-refractivity contribution in [3.05, 3.63) is 59.0 Å². The number of amides is 1. The third-order valence-corrected chi connectivity index (χ3v) is 4.95. The fourth-order valence-electron chi connectivity index (χ4n) is 2.24. The van der Waals surface area contributed by atoms with Crippen LogP contribution < -0.4 is 0 Å². The maximum atomic E-state index is 12.3. The zero-order valence-electron chi connectivity index (χ0n) is 13.3. The summed E-state index contributed by atoms with van der Waals surface area (Å²) in [6.07, 6.45) is 3.22. The minimum Gasteiger partial charge on any atom is -0.462 e. The lowest BCUT2D eigenvalue weighted by Crippen LogP contribution is -2.27. The summed E-state index contributed by atoms with van der Waals surface area (Å²) in [6.45, 7) is 3.86. The Hall–Kier alpha value is -2.40. The van der Waals surface area contributed by atoms with Gasteiger partial charge in [0.25, 0.3) is 0 Å². The van der Waals surface area contributed by atoms with Crippen molar-refractivity contribution in [1.29, 1.82) is 0 Å².